The van der Waals surface area contributed by atoms with Crippen LogP contribution in [0.25, 0.3) is 11.1 Å². The van der Waals surface area contributed by atoms with Gasteiger partial charge in [0.2, 0.25) is 0 Å². The lowest BCUT2D eigenvalue weighted by molar-refractivity contribution is 0.0880. The molecule has 2 aromatic carbocycles. The summed E-state index contributed by atoms with van der Waals surface area (Å²) in [7, 11) is 1.64. The Morgan fingerprint density at radius 2 is 2.11 bits per heavy atom. The minimum Gasteiger partial charge on any atom is -0.496 e. The Balaban J connectivity index is 1.55. The first-order chi connectivity index (χ1) is 13.7. The molecule has 1 aliphatic carbocycles. The summed E-state index contributed by atoms with van der Waals surface area (Å²) in [5, 5.41) is 6.81. The molecule has 0 radical (unpaired) electrons. The van der Waals surface area contributed by atoms with Crippen molar-refractivity contribution in [2.24, 2.45) is 5.92 Å². The first-order valence-electron chi connectivity index (χ1n) is 9.62. The van der Waals surface area contributed by atoms with E-state index in [1.165, 1.54) is 5.56 Å². The summed E-state index contributed by atoms with van der Waals surface area (Å²) in [6, 6.07) is 14.2. The second kappa shape index (κ2) is 8.31. The number of ketones is 1. The van der Waals surface area contributed by atoms with Gasteiger partial charge >= 0.3 is 0 Å². The molecule has 4 nitrogen and oxygen atoms in total. The fourth-order valence-corrected chi connectivity index (χ4v) is 4.63. The van der Waals surface area contributed by atoms with Crippen LogP contribution >= 0.6 is 15.9 Å². The maximum absolute atomic E-state index is 13.2. The summed E-state index contributed by atoms with van der Waals surface area (Å²) in [4.78, 5) is 13.2. The zero-order chi connectivity index (χ0) is 19.5. The van der Waals surface area contributed by atoms with Crippen LogP contribution in [0.5, 0.6) is 5.75 Å². The van der Waals surface area contributed by atoms with E-state index < -0.39 is 0 Å². The van der Waals surface area contributed by atoms with Crippen LogP contribution in [0.4, 0.5) is 0 Å². The molecule has 1 fully saturated rings. The number of ether oxygens (including phenoxy) is 1. The number of benzene rings is 2. The van der Waals surface area contributed by atoms with Crippen LogP contribution in [-0.4, -0.2) is 23.1 Å². The third-order valence-corrected chi connectivity index (χ3v) is 6.15. The summed E-state index contributed by atoms with van der Waals surface area (Å²) in [6.07, 6.45) is 7.66. The molecule has 0 bridgehead atoms. The molecule has 0 amide bonds. The summed E-state index contributed by atoms with van der Waals surface area (Å²) >= 11 is 3.56. The average molecular weight is 439 g/mol. The molecule has 1 aliphatic rings. The van der Waals surface area contributed by atoms with Gasteiger partial charge in [0, 0.05) is 33.3 Å². The molecule has 2 atom stereocenters. The van der Waals surface area contributed by atoms with E-state index in [1.807, 2.05) is 30.5 Å². The minimum absolute atomic E-state index is 0.0576. The van der Waals surface area contributed by atoms with Gasteiger partial charge in [0.15, 0.2) is 5.78 Å². The molecule has 2 unspecified atom stereocenters. The predicted molar refractivity (Wildman–Crippen MR) is 114 cm³/mol. The quantitative estimate of drug-likeness (QED) is 0.496. The number of hydrogen-bond donors (Lipinski definition) is 1. The maximum Gasteiger partial charge on any atom is 0.166 e. The van der Waals surface area contributed by atoms with Gasteiger partial charge in [-0.1, -0.05) is 40.5 Å². The smallest absolute Gasteiger partial charge is 0.166 e. The Morgan fingerprint density at radius 1 is 1.21 bits per heavy atom. The molecule has 0 aliphatic heterocycles. The second-order valence-electron chi connectivity index (χ2n) is 7.38. The Kier molecular flexibility index (Phi) is 5.62. The molecule has 5 heteroatoms. The molecule has 4 rings (SSSR count). The van der Waals surface area contributed by atoms with Gasteiger partial charge in [0.05, 0.1) is 13.3 Å². The van der Waals surface area contributed by atoms with Crippen molar-refractivity contribution < 1.29 is 9.53 Å². The number of H-pyrrole nitrogens is 1. The van der Waals surface area contributed by atoms with Crippen molar-refractivity contribution in [1.29, 1.82) is 0 Å². The van der Waals surface area contributed by atoms with E-state index in [-0.39, 0.29) is 11.7 Å². The number of rotatable bonds is 5. The van der Waals surface area contributed by atoms with Crippen LogP contribution in [0.2, 0.25) is 0 Å². The monoisotopic (exact) mass is 438 g/mol. The van der Waals surface area contributed by atoms with Gasteiger partial charge in [0.1, 0.15) is 5.75 Å². The van der Waals surface area contributed by atoms with Crippen molar-refractivity contribution in [2.45, 2.75) is 31.6 Å². The third kappa shape index (κ3) is 3.90. The second-order valence-corrected chi connectivity index (χ2v) is 8.30. The Morgan fingerprint density at radius 3 is 2.86 bits per heavy atom. The molecule has 1 N–H and O–H groups in total. The molecule has 28 heavy (non-hydrogen) atoms. The van der Waals surface area contributed by atoms with Crippen molar-refractivity contribution in [1.82, 2.24) is 10.2 Å². The van der Waals surface area contributed by atoms with Gasteiger partial charge in [-0.2, -0.15) is 5.10 Å². The van der Waals surface area contributed by atoms with Gasteiger partial charge < -0.3 is 4.74 Å². The van der Waals surface area contributed by atoms with E-state index in [4.69, 9.17) is 4.74 Å². The Hall–Kier alpha value is -2.40. The fourth-order valence-electron chi connectivity index (χ4n) is 4.21. The minimum atomic E-state index is 0.0576. The summed E-state index contributed by atoms with van der Waals surface area (Å²) in [5.74, 6) is 1.41. The van der Waals surface area contributed by atoms with Crippen LogP contribution in [-0.2, 0) is 0 Å². The van der Waals surface area contributed by atoms with Gasteiger partial charge in [-0.05, 0) is 55.0 Å². The van der Waals surface area contributed by atoms with Crippen molar-refractivity contribution in [3.63, 3.8) is 0 Å². The number of methoxy groups -OCH3 is 1. The molecule has 1 aromatic heterocycles. The van der Waals surface area contributed by atoms with Crippen LogP contribution in [0.1, 0.15) is 47.5 Å². The molecular weight excluding hydrogens is 416 g/mol. The number of nitrogens with zero attached hydrogens (tertiary/aromatic N) is 1. The van der Waals surface area contributed by atoms with Crippen molar-refractivity contribution in [3.8, 4) is 16.9 Å². The highest BCUT2D eigenvalue weighted by molar-refractivity contribution is 9.10. The molecule has 3 aromatic rings. The highest BCUT2D eigenvalue weighted by Crippen LogP contribution is 2.39. The predicted octanol–water partition coefficient (Wildman–Crippen LogP) is 6.00. The number of carbonyl (C=O) groups is 1. The van der Waals surface area contributed by atoms with E-state index in [1.54, 1.807) is 13.3 Å². The molecule has 0 spiro atoms. The van der Waals surface area contributed by atoms with E-state index in [2.05, 4.69) is 44.3 Å². The number of aromatic amines is 1. The first-order valence-corrected chi connectivity index (χ1v) is 10.4. The Labute approximate surface area is 173 Å². The van der Waals surface area contributed by atoms with Crippen LogP contribution < -0.4 is 4.74 Å². The van der Waals surface area contributed by atoms with Crippen molar-refractivity contribution in [3.05, 3.63) is 70.5 Å². The summed E-state index contributed by atoms with van der Waals surface area (Å²) in [5.41, 5.74) is 3.93. The van der Waals surface area contributed by atoms with E-state index in [0.717, 1.165) is 46.8 Å². The van der Waals surface area contributed by atoms with Crippen molar-refractivity contribution in [2.75, 3.05) is 7.11 Å². The lowest BCUT2D eigenvalue weighted by atomic mass is 9.75. The van der Waals surface area contributed by atoms with Crippen LogP contribution in [0.3, 0.4) is 0 Å². The molecule has 144 valence electrons. The number of nitrogens with one attached hydrogen (secondary N) is 1. The molecular formula is C23H23BrN2O2. The molecule has 1 saturated carbocycles. The first kappa shape index (κ1) is 18.9. The topological polar surface area (TPSA) is 55.0 Å². The van der Waals surface area contributed by atoms with E-state index in [9.17, 15) is 4.79 Å². The lowest BCUT2D eigenvalue weighted by Crippen LogP contribution is -2.22. The third-order valence-electron chi connectivity index (χ3n) is 5.66. The number of Topliss-reactive ketones (excluding diaryl/α,β-unsaturated/α-hetero) is 1. The summed E-state index contributed by atoms with van der Waals surface area (Å²) < 4.78 is 6.65. The SMILES string of the molecule is COc1cc(C(=O)C2CCCC(c3cccc(Br)c3)C2)ccc1-c1cn[nH]c1. The van der Waals surface area contributed by atoms with Gasteiger partial charge in [-0.25, -0.2) is 0 Å². The van der Waals surface area contributed by atoms with E-state index in [0.29, 0.717) is 11.7 Å². The van der Waals surface area contributed by atoms with E-state index >= 15 is 0 Å². The number of hydrogen-bond acceptors (Lipinski definition) is 3. The number of carbonyl (C=O) groups excluding carboxylic acids is 1. The highest BCUT2D eigenvalue weighted by atomic mass is 79.9. The van der Waals surface area contributed by atoms with Crippen molar-refractivity contribution >= 4 is 21.7 Å². The number of aromatic nitrogens is 2. The maximum atomic E-state index is 13.2. The van der Waals surface area contributed by atoms with Gasteiger partial charge in [-0.15, -0.1) is 0 Å². The summed E-state index contributed by atoms with van der Waals surface area (Å²) in [6.45, 7) is 0. The van der Waals surface area contributed by atoms with Gasteiger partial charge in [0.25, 0.3) is 0 Å². The van der Waals surface area contributed by atoms with Gasteiger partial charge in [-0.3, -0.25) is 9.89 Å². The standard InChI is InChI=1S/C23H23BrN2O2/c1-28-22-12-18(8-9-21(22)19-13-25-26-14-19)23(27)17-6-2-4-15(10-17)16-5-3-7-20(24)11-16/h3,5,7-9,11-15,17H,2,4,6,10H2,1H3,(H,25,26). The fraction of sp³-hybridized carbons (Fsp3) is 0.304. The largest absolute Gasteiger partial charge is 0.496 e. The zero-order valence-corrected chi connectivity index (χ0v) is 17.4. The zero-order valence-electron chi connectivity index (χ0n) is 15.8. The van der Waals surface area contributed by atoms with Crippen LogP contribution in [0.15, 0.2) is 59.3 Å². The normalized spacial score (nSPS) is 19.4. The number of halogens is 1. The van der Waals surface area contributed by atoms with Crippen LogP contribution in [0, 0.1) is 5.92 Å². The molecule has 1 heterocycles. The Bertz CT molecular complexity index is 968. The molecule has 0 saturated heterocycles. The lowest BCUT2D eigenvalue weighted by Gasteiger charge is -2.29. The average Bonchev–Trinajstić information content (AvgIpc) is 3.27. The highest BCUT2D eigenvalue weighted by Gasteiger charge is 2.29.